The molecular weight excluding hydrogens is 657 g/mol. The minimum Gasteiger partial charge on any atom is -0.435 e. The minimum absolute atomic E-state index is 0.626. The van der Waals surface area contributed by atoms with Crippen LogP contribution in [0.2, 0.25) is 0 Å². The predicted octanol–water partition coefficient (Wildman–Crippen LogP) is 14.3. The van der Waals surface area contributed by atoms with Crippen molar-refractivity contribution in [3.63, 3.8) is 0 Å². The molecule has 0 saturated heterocycles. The fourth-order valence-corrected chi connectivity index (χ4v) is 7.59. The lowest BCUT2D eigenvalue weighted by Gasteiger charge is -2.28. The van der Waals surface area contributed by atoms with Gasteiger partial charge in [-0.15, -0.1) is 0 Å². The smallest absolute Gasteiger partial charge is 0.227 e. The third kappa shape index (κ3) is 5.69. The number of hydrogen-bond donors (Lipinski definition) is 0. The van der Waals surface area contributed by atoms with Crippen LogP contribution < -0.4 is 4.90 Å². The van der Waals surface area contributed by atoms with E-state index in [-0.39, 0.29) is 0 Å². The number of oxazole rings is 1. The molecule has 0 bridgehead atoms. The van der Waals surface area contributed by atoms with Crippen molar-refractivity contribution in [2.45, 2.75) is 0 Å². The van der Waals surface area contributed by atoms with Crippen LogP contribution in [0.3, 0.4) is 0 Å². The first-order chi connectivity index (χ1) is 26.8. The first kappa shape index (κ1) is 31.5. The van der Waals surface area contributed by atoms with E-state index in [1.807, 2.05) is 30.3 Å². The molecule has 0 saturated carbocycles. The van der Waals surface area contributed by atoms with E-state index in [2.05, 4.69) is 181 Å². The van der Waals surface area contributed by atoms with Crippen molar-refractivity contribution < 1.29 is 4.42 Å². The van der Waals surface area contributed by atoms with Crippen molar-refractivity contribution in [3.05, 3.63) is 206 Å². The van der Waals surface area contributed by atoms with Crippen LogP contribution in [-0.2, 0) is 0 Å². The van der Waals surface area contributed by atoms with Gasteiger partial charge in [-0.25, -0.2) is 4.98 Å². The van der Waals surface area contributed by atoms with Crippen molar-refractivity contribution in [2.24, 2.45) is 0 Å². The Kier molecular flexibility index (Phi) is 7.81. The Hall–Kier alpha value is -7.23. The Morgan fingerprint density at radius 1 is 0.370 bits per heavy atom. The zero-order valence-corrected chi connectivity index (χ0v) is 29.4. The molecule has 1 heterocycles. The van der Waals surface area contributed by atoms with Gasteiger partial charge in [-0.1, -0.05) is 152 Å². The van der Waals surface area contributed by atoms with E-state index in [0.717, 1.165) is 66.4 Å². The molecule has 0 N–H and O–H groups in total. The third-order valence-electron chi connectivity index (χ3n) is 10.3. The summed E-state index contributed by atoms with van der Waals surface area (Å²) in [5.41, 5.74) is 12.8. The maximum absolute atomic E-state index is 6.57. The number of hydrogen-bond acceptors (Lipinski definition) is 3. The number of fused-ring (bicyclic) bond motifs is 4. The van der Waals surface area contributed by atoms with E-state index < -0.39 is 0 Å². The van der Waals surface area contributed by atoms with Gasteiger partial charge >= 0.3 is 0 Å². The molecule has 3 heteroatoms. The van der Waals surface area contributed by atoms with Gasteiger partial charge in [-0.05, 0) is 93.0 Å². The van der Waals surface area contributed by atoms with Gasteiger partial charge in [0.2, 0.25) is 5.89 Å². The van der Waals surface area contributed by atoms with E-state index in [9.17, 15) is 0 Å². The van der Waals surface area contributed by atoms with Crippen molar-refractivity contribution in [1.29, 1.82) is 0 Å². The molecule has 254 valence electrons. The zero-order chi connectivity index (χ0) is 35.8. The maximum atomic E-state index is 6.57. The van der Waals surface area contributed by atoms with Crippen molar-refractivity contribution in [1.82, 2.24) is 4.98 Å². The highest BCUT2D eigenvalue weighted by Crippen LogP contribution is 2.43. The van der Waals surface area contributed by atoms with Gasteiger partial charge in [0.05, 0.1) is 5.69 Å². The zero-order valence-electron chi connectivity index (χ0n) is 29.4. The summed E-state index contributed by atoms with van der Waals surface area (Å²) in [6.07, 6.45) is 0. The van der Waals surface area contributed by atoms with Crippen LogP contribution in [-0.4, -0.2) is 4.98 Å². The largest absolute Gasteiger partial charge is 0.435 e. The summed E-state index contributed by atoms with van der Waals surface area (Å²) in [5.74, 6) is 0.626. The van der Waals surface area contributed by atoms with E-state index in [1.165, 1.54) is 22.3 Å². The average molecular weight is 691 g/mol. The van der Waals surface area contributed by atoms with Gasteiger partial charge in [0.15, 0.2) is 5.58 Å². The second-order valence-corrected chi connectivity index (χ2v) is 13.6. The summed E-state index contributed by atoms with van der Waals surface area (Å²) >= 11 is 0. The highest BCUT2D eigenvalue weighted by Gasteiger charge is 2.20. The summed E-state index contributed by atoms with van der Waals surface area (Å²) in [7, 11) is 0. The Labute approximate surface area is 314 Å². The first-order valence-corrected chi connectivity index (χ1v) is 18.3. The SMILES string of the molecule is c1ccc(-c2ccc(N(c3ccc4cc(-c5cc6ccccc6c6nc(-c7ccccc7)oc56)ccc4c3)c3ccccc3-c3ccccc3)cc2)cc1. The van der Waals surface area contributed by atoms with Gasteiger partial charge in [0, 0.05) is 33.5 Å². The van der Waals surface area contributed by atoms with Gasteiger partial charge in [0.1, 0.15) is 5.52 Å². The second-order valence-electron chi connectivity index (χ2n) is 13.6. The molecule has 10 rings (SSSR count). The van der Waals surface area contributed by atoms with Crippen molar-refractivity contribution in [3.8, 4) is 44.8 Å². The summed E-state index contributed by atoms with van der Waals surface area (Å²) in [6, 6.07) is 72.9. The lowest BCUT2D eigenvalue weighted by atomic mass is 9.97. The van der Waals surface area contributed by atoms with Crippen LogP contribution in [0.1, 0.15) is 0 Å². The Morgan fingerprint density at radius 3 is 1.72 bits per heavy atom. The minimum atomic E-state index is 0.626. The Bertz CT molecular complexity index is 2920. The highest BCUT2D eigenvalue weighted by molar-refractivity contribution is 6.11. The number of anilines is 3. The lowest BCUT2D eigenvalue weighted by Crippen LogP contribution is -2.11. The van der Waals surface area contributed by atoms with Crippen LogP contribution in [0.4, 0.5) is 17.1 Å². The Balaban J connectivity index is 1.10. The van der Waals surface area contributed by atoms with Crippen LogP contribution in [0, 0.1) is 0 Å². The summed E-state index contributed by atoms with van der Waals surface area (Å²) in [5, 5.41) is 4.52. The number of benzene rings is 9. The van der Waals surface area contributed by atoms with E-state index >= 15 is 0 Å². The molecule has 1 aromatic heterocycles. The highest BCUT2D eigenvalue weighted by atomic mass is 16.3. The van der Waals surface area contributed by atoms with Crippen LogP contribution in [0.5, 0.6) is 0 Å². The predicted molar refractivity (Wildman–Crippen MR) is 225 cm³/mol. The van der Waals surface area contributed by atoms with Gasteiger partial charge in [-0.3, -0.25) is 0 Å². The van der Waals surface area contributed by atoms with Crippen molar-refractivity contribution in [2.75, 3.05) is 4.90 Å². The van der Waals surface area contributed by atoms with E-state index in [4.69, 9.17) is 9.40 Å². The first-order valence-electron chi connectivity index (χ1n) is 18.3. The molecule has 0 radical (unpaired) electrons. The molecule has 0 amide bonds. The van der Waals surface area contributed by atoms with Gasteiger partial charge in [-0.2, -0.15) is 0 Å². The molecule has 10 aromatic rings. The van der Waals surface area contributed by atoms with Crippen molar-refractivity contribution >= 4 is 49.7 Å². The number of nitrogens with zero attached hydrogens (tertiary/aromatic N) is 2. The summed E-state index contributed by atoms with van der Waals surface area (Å²) in [4.78, 5) is 7.40. The number of para-hydroxylation sites is 1. The fraction of sp³-hybridized carbons (Fsp3) is 0. The van der Waals surface area contributed by atoms with Gasteiger partial charge in [0.25, 0.3) is 0 Å². The molecule has 0 aliphatic heterocycles. The maximum Gasteiger partial charge on any atom is 0.227 e. The second kappa shape index (κ2) is 13.4. The number of rotatable bonds is 7. The quantitative estimate of drug-likeness (QED) is 0.167. The molecule has 0 aliphatic rings. The van der Waals surface area contributed by atoms with Gasteiger partial charge < -0.3 is 9.32 Å². The third-order valence-corrected chi connectivity index (χ3v) is 10.3. The summed E-state index contributed by atoms with van der Waals surface area (Å²) in [6.45, 7) is 0. The molecule has 0 atom stereocenters. The lowest BCUT2D eigenvalue weighted by molar-refractivity contribution is 0.621. The molecular formula is C51H34N2O. The van der Waals surface area contributed by atoms with Crippen LogP contribution >= 0.6 is 0 Å². The Morgan fingerprint density at radius 2 is 0.944 bits per heavy atom. The van der Waals surface area contributed by atoms with E-state index in [0.29, 0.717) is 5.89 Å². The van der Waals surface area contributed by atoms with Crippen LogP contribution in [0.25, 0.3) is 77.5 Å². The van der Waals surface area contributed by atoms with E-state index in [1.54, 1.807) is 0 Å². The average Bonchev–Trinajstić information content (AvgIpc) is 3.71. The molecule has 0 aliphatic carbocycles. The molecule has 0 fully saturated rings. The molecule has 3 nitrogen and oxygen atoms in total. The topological polar surface area (TPSA) is 29.3 Å². The molecule has 9 aromatic carbocycles. The fourth-order valence-electron chi connectivity index (χ4n) is 7.59. The standard InChI is InChI=1S/C51H34N2O/c1-4-14-35(15-5-1)36-26-29-43(30-27-36)53(48-23-13-12-21-45(48)37-16-6-2-7-17-37)44-31-28-39-32-42(25-24-40(39)33-44)47-34-41-20-10-11-22-46(41)49-50(47)54-51(52-49)38-18-8-3-9-19-38/h1-34H. The number of aromatic nitrogens is 1. The monoisotopic (exact) mass is 690 g/mol. The van der Waals surface area contributed by atoms with Crippen LogP contribution in [0.15, 0.2) is 211 Å². The molecule has 0 spiro atoms. The normalized spacial score (nSPS) is 11.3. The summed E-state index contributed by atoms with van der Waals surface area (Å²) < 4.78 is 6.57. The molecule has 54 heavy (non-hydrogen) atoms. The molecule has 0 unspecified atom stereocenters.